The summed E-state index contributed by atoms with van der Waals surface area (Å²) in [6.45, 7) is 5.92. The van der Waals surface area contributed by atoms with Crippen molar-refractivity contribution in [2.24, 2.45) is 4.99 Å². The Balaban J connectivity index is 4.50. The van der Waals surface area contributed by atoms with Gasteiger partial charge < -0.3 is 0 Å². The molecule has 0 saturated carbocycles. The van der Waals surface area contributed by atoms with E-state index in [0.29, 0.717) is 12.1 Å². The Morgan fingerprint density at radius 3 is 2.25 bits per heavy atom. The van der Waals surface area contributed by atoms with Gasteiger partial charge in [-0.2, -0.15) is 0 Å². The molecule has 0 aliphatic carbocycles. The maximum absolute atomic E-state index is 11.2. The van der Waals surface area contributed by atoms with Crippen molar-refractivity contribution in [1.82, 2.24) is 0 Å². The molecule has 0 aliphatic rings. The van der Waals surface area contributed by atoms with Crippen LogP contribution >= 0.6 is 0 Å². The summed E-state index contributed by atoms with van der Waals surface area (Å²) < 4.78 is 0. The van der Waals surface area contributed by atoms with Gasteiger partial charge in [0.25, 0.3) is 0 Å². The van der Waals surface area contributed by atoms with Crippen LogP contribution < -0.4 is 0 Å². The van der Waals surface area contributed by atoms with Crippen LogP contribution in [0.1, 0.15) is 33.6 Å². The van der Waals surface area contributed by atoms with Crippen LogP contribution in [0.25, 0.3) is 0 Å². The summed E-state index contributed by atoms with van der Waals surface area (Å²) in [5.41, 5.74) is 1.79. The summed E-state index contributed by atoms with van der Waals surface area (Å²) in [4.78, 5) is 15.2. The Labute approximate surface area is 74.4 Å². The lowest BCUT2D eigenvalue weighted by Gasteiger charge is -1.98. The van der Waals surface area contributed by atoms with Crippen molar-refractivity contribution in [2.75, 3.05) is 7.05 Å². The van der Waals surface area contributed by atoms with E-state index in [2.05, 4.69) is 11.9 Å². The van der Waals surface area contributed by atoms with Crippen molar-refractivity contribution < 1.29 is 4.79 Å². The number of aliphatic imine (C=N–C) groups is 1. The molecule has 0 unspecified atom stereocenters. The quantitative estimate of drug-likeness (QED) is 0.591. The smallest absolute Gasteiger partial charge is 0.180 e. The normalized spacial score (nSPS) is 13.3. The molecule has 0 aromatic heterocycles. The number of hydrogen-bond donors (Lipinski definition) is 0. The molecule has 0 aliphatic heterocycles. The van der Waals surface area contributed by atoms with E-state index in [4.69, 9.17) is 0 Å². The molecule has 0 heterocycles. The molecule has 0 aromatic carbocycles. The first-order valence-corrected chi connectivity index (χ1v) is 4.32. The van der Waals surface area contributed by atoms with E-state index in [1.165, 1.54) is 5.57 Å². The number of Topliss-reactive ketones (excluding diaryl/α,β-unsaturated/α-hetero) is 1. The Kier molecular flexibility index (Phi) is 5.26. The highest BCUT2D eigenvalue weighted by molar-refractivity contribution is 6.44. The van der Waals surface area contributed by atoms with Crippen molar-refractivity contribution in [3.8, 4) is 0 Å². The molecule has 0 radical (unpaired) electrons. The third kappa shape index (κ3) is 3.46. The molecule has 12 heavy (non-hydrogen) atoms. The van der Waals surface area contributed by atoms with Crippen molar-refractivity contribution >= 4 is 11.5 Å². The van der Waals surface area contributed by atoms with Crippen LogP contribution in [-0.2, 0) is 4.79 Å². The largest absolute Gasteiger partial charge is 0.292 e. The highest BCUT2D eigenvalue weighted by atomic mass is 16.1. The van der Waals surface area contributed by atoms with Crippen LogP contribution in [0.2, 0.25) is 0 Å². The van der Waals surface area contributed by atoms with E-state index >= 15 is 0 Å². The lowest BCUT2D eigenvalue weighted by molar-refractivity contribution is -0.112. The molecule has 0 atom stereocenters. The number of carbonyl (C=O) groups is 1. The minimum absolute atomic E-state index is 0.116. The predicted octanol–water partition coefficient (Wildman–Crippen LogP) is 2.39. The lowest BCUT2D eigenvalue weighted by Crippen LogP contribution is -2.10. The van der Waals surface area contributed by atoms with Crippen LogP contribution in [0.15, 0.2) is 16.6 Å². The number of hydrogen-bond acceptors (Lipinski definition) is 2. The summed E-state index contributed by atoms with van der Waals surface area (Å²) in [6.07, 6.45) is 3.36. The van der Waals surface area contributed by atoms with Crippen molar-refractivity contribution in [3.05, 3.63) is 11.6 Å². The van der Waals surface area contributed by atoms with E-state index in [1.54, 1.807) is 7.05 Å². The molecule has 0 rings (SSSR count). The Bertz CT molecular complexity index is 214. The van der Waals surface area contributed by atoms with E-state index in [9.17, 15) is 4.79 Å². The SMILES string of the molecule is CCC(=O)C(/C=C(\C)CC)=NC. The zero-order valence-corrected chi connectivity index (χ0v) is 8.35. The van der Waals surface area contributed by atoms with Crippen LogP contribution in [0.4, 0.5) is 0 Å². The summed E-state index contributed by atoms with van der Waals surface area (Å²) in [7, 11) is 1.66. The highest BCUT2D eigenvalue weighted by Crippen LogP contribution is 2.00. The molecule has 0 spiro atoms. The summed E-state index contributed by atoms with van der Waals surface area (Å²) in [5, 5.41) is 0. The third-order valence-corrected chi connectivity index (χ3v) is 1.79. The fraction of sp³-hybridized carbons (Fsp3) is 0.600. The van der Waals surface area contributed by atoms with Crippen molar-refractivity contribution in [3.63, 3.8) is 0 Å². The molecule has 0 N–H and O–H groups in total. The first kappa shape index (κ1) is 11.1. The van der Waals surface area contributed by atoms with Crippen molar-refractivity contribution in [1.29, 1.82) is 0 Å². The Morgan fingerprint density at radius 1 is 1.33 bits per heavy atom. The Hall–Kier alpha value is -0.920. The van der Waals surface area contributed by atoms with E-state index in [-0.39, 0.29) is 5.78 Å². The van der Waals surface area contributed by atoms with E-state index in [1.807, 2.05) is 19.9 Å². The second-order valence-corrected chi connectivity index (χ2v) is 2.73. The van der Waals surface area contributed by atoms with Gasteiger partial charge in [0.1, 0.15) is 0 Å². The molecule has 0 amide bonds. The van der Waals surface area contributed by atoms with Gasteiger partial charge in [-0.05, 0) is 19.4 Å². The number of carbonyl (C=O) groups excluding carboxylic acids is 1. The summed E-state index contributed by atoms with van der Waals surface area (Å²) in [5.74, 6) is 0.116. The zero-order valence-electron chi connectivity index (χ0n) is 8.35. The predicted molar refractivity (Wildman–Crippen MR) is 52.7 cm³/mol. The Morgan fingerprint density at radius 2 is 1.92 bits per heavy atom. The first-order valence-electron chi connectivity index (χ1n) is 4.32. The zero-order chi connectivity index (χ0) is 9.56. The minimum Gasteiger partial charge on any atom is -0.292 e. The fourth-order valence-electron chi connectivity index (χ4n) is 0.786. The number of rotatable bonds is 4. The van der Waals surface area contributed by atoms with E-state index in [0.717, 1.165) is 6.42 Å². The van der Waals surface area contributed by atoms with Crippen LogP contribution in [0.5, 0.6) is 0 Å². The van der Waals surface area contributed by atoms with Crippen LogP contribution in [-0.4, -0.2) is 18.5 Å². The third-order valence-electron chi connectivity index (χ3n) is 1.79. The van der Waals surface area contributed by atoms with Crippen LogP contribution in [0, 0.1) is 0 Å². The topological polar surface area (TPSA) is 29.4 Å². The van der Waals surface area contributed by atoms with Gasteiger partial charge in [0.05, 0.1) is 5.71 Å². The molecule has 2 heteroatoms. The van der Waals surface area contributed by atoms with Gasteiger partial charge >= 0.3 is 0 Å². The molecule has 0 saturated heterocycles. The van der Waals surface area contributed by atoms with Gasteiger partial charge in [0, 0.05) is 13.5 Å². The van der Waals surface area contributed by atoms with E-state index < -0.39 is 0 Å². The molecule has 68 valence electrons. The standard InChI is InChI=1S/C10H17NO/c1-5-8(3)7-9(11-4)10(12)6-2/h7H,5-6H2,1-4H3/b8-7+,11-9?. The van der Waals surface area contributed by atoms with Gasteiger partial charge in [-0.3, -0.25) is 9.79 Å². The monoisotopic (exact) mass is 167 g/mol. The average Bonchev–Trinajstić information content (AvgIpc) is 2.12. The van der Waals surface area contributed by atoms with Crippen LogP contribution in [0.3, 0.4) is 0 Å². The maximum atomic E-state index is 11.2. The number of allylic oxidation sites excluding steroid dienone is 2. The molecule has 0 fully saturated rings. The molecule has 2 nitrogen and oxygen atoms in total. The molecule has 0 bridgehead atoms. The second-order valence-electron chi connectivity index (χ2n) is 2.73. The summed E-state index contributed by atoms with van der Waals surface area (Å²) >= 11 is 0. The summed E-state index contributed by atoms with van der Waals surface area (Å²) in [6, 6.07) is 0. The number of ketones is 1. The first-order chi connectivity index (χ1) is 5.65. The minimum atomic E-state index is 0.116. The molecular formula is C10H17NO. The molecular weight excluding hydrogens is 150 g/mol. The average molecular weight is 167 g/mol. The van der Waals surface area contributed by atoms with Gasteiger partial charge in [-0.25, -0.2) is 0 Å². The van der Waals surface area contributed by atoms with Crippen molar-refractivity contribution in [2.45, 2.75) is 33.6 Å². The number of nitrogens with zero attached hydrogens (tertiary/aromatic N) is 1. The highest BCUT2D eigenvalue weighted by Gasteiger charge is 2.04. The van der Waals surface area contributed by atoms with Gasteiger partial charge in [-0.15, -0.1) is 0 Å². The maximum Gasteiger partial charge on any atom is 0.180 e. The van der Waals surface area contributed by atoms with Gasteiger partial charge in [-0.1, -0.05) is 19.4 Å². The lowest BCUT2D eigenvalue weighted by atomic mass is 10.1. The van der Waals surface area contributed by atoms with Gasteiger partial charge in [0.2, 0.25) is 0 Å². The molecule has 0 aromatic rings. The fourth-order valence-corrected chi connectivity index (χ4v) is 0.786. The second kappa shape index (κ2) is 5.70. The van der Waals surface area contributed by atoms with Gasteiger partial charge in [0.15, 0.2) is 5.78 Å².